The quantitative estimate of drug-likeness (QED) is 0.757. The lowest BCUT2D eigenvalue weighted by Crippen LogP contribution is -2.43. The standard InChI is InChI=1S/C13H20N2O4/c1-15(13(17)10(14)8-16)7-9-4-5-11(18-2)12(6-9)19-3/h4-6,10,16H,7-8,14H2,1-3H3. The van der Waals surface area contributed by atoms with Gasteiger partial charge in [-0.3, -0.25) is 4.79 Å². The normalized spacial score (nSPS) is 11.8. The van der Waals surface area contributed by atoms with Gasteiger partial charge in [-0.05, 0) is 17.7 Å². The Morgan fingerprint density at radius 1 is 1.37 bits per heavy atom. The van der Waals surface area contributed by atoms with E-state index in [0.717, 1.165) is 5.56 Å². The number of aliphatic hydroxyl groups is 1. The monoisotopic (exact) mass is 268 g/mol. The SMILES string of the molecule is COc1ccc(CN(C)C(=O)C(N)CO)cc1OC. The van der Waals surface area contributed by atoms with Gasteiger partial charge in [0.2, 0.25) is 5.91 Å². The summed E-state index contributed by atoms with van der Waals surface area (Å²) in [5.41, 5.74) is 6.37. The van der Waals surface area contributed by atoms with E-state index in [-0.39, 0.29) is 12.5 Å². The van der Waals surface area contributed by atoms with E-state index in [1.54, 1.807) is 33.4 Å². The van der Waals surface area contributed by atoms with Crippen molar-refractivity contribution in [1.82, 2.24) is 4.90 Å². The van der Waals surface area contributed by atoms with Crippen molar-refractivity contribution in [2.24, 2.45) is 5.73 Å². The van der Waals surface area contributed by atoms with Crippen LogP contribution in [0.2, 0.25) is 0 Å². The number of methoxy groups -OCH3 is 2. The minimum Gasteiger partial charge on any atom is -0.493 e. The molecule has 0 aromatic heterocycles. The minimum atomic E-state index is -0.884. The maximum Gasteiger partial charge on any atom is 0.241 e. The molecule has 0 radical (unpaired) electrons. The van der Waals surface area contributed by atoms with E-state index < -0.39 is 6.04 Å². The molecular formula is C13H20N2O4. The summed E-state index contributed by atoms with van der Waals surface area (Å²) in [6, 6.07) is 4.53. The Labute approximate surface area is 112 Å². The first kappa shape index (κ1) is 15.3. The van der Waals surface area contributed by atoms with Crippen LogP contribution in [-0.2, 0) is 11.3 Å². The highest BCUT2D eigenvalue weighted by Gasteiger charge is 2.17. The van der Waals surface area contributed by atoms with Gasteiger partial charge in [0.05, 0.1) is 20.8 Å². The first-order valence-electron chi connectivity index (χ1n) is 5.85. The highest BCUT2D eigenvalue weighted by molar-refractivity contribution is 5.81. The molecule has 0 saturated heterocycles. The van der Waals surface area contributed by atoms with E-state index >= 15 is 0 Å². The van der Waals surface area contributed by atoms with Crippen molar-refractivity contribution in [3.8, 4) is 11.5 Å². The zero-order valence-electron chi connectivity index (χ0n) is 11.4. The van der Waals surface area contributed by atoms with Crippen LogP contribution < -0.4 is 15.2 Å². The first-order chi connectivity index (χ1) is 9.03. The number of nitrogens with two attached hydrogens (primary N) is 1. The van der Waals surface area contributed by atoms with Crippen LogP contribution in [0.3, 0.4) is 0 Å². The molecule has 0 saturated carbocycles. The Kier molecular flexibility index (Phi) is 5.59. The molecule has 6 nitrogen and oxygen atoms in total. The fourth-order valence-electron chi connectivity index (χ4n) is 1.69. The molecule has 19 heavy (non-hydrogen) atoms. The van der Waals surface area contributed by atoms with Gasteiger partial charge < -0.3 is 25.2 Å². The first-order valence-corrected chi connectivity index (χ1v) is 5.85. The van der Waals surface area contributed by atoms with Gasteiger partial charge >= 0.3 is 0 Å². The third kappa shape index (κ3) is 3.84. The highest BCUT2D eigenvalue weighted by atomic mass is 16.5. The number of aliphatic hydroxyl groups excluding tert-OH is 1. The van der Waals surface area contributed by atoms with Crippen LogP contribution in [0.4, 0.5) is 0 Å². The van der Waals surface area contributed by atoms with Crippen molar-refractivity contribution in [3.63, 3.8) is 0 Å². The largest absolute Gasteiger partial charge is 0.493 e. The molecule has 0 aliphatic carbocycles. The van der Waals surface area contributed by atoms with Gasteiger partial charge in [-0.1, -0.05) is 6.07 Å². The zero-order chi connectivity index (χ0) is 14.4. The topological polar surface area (TPSA) is 85.0 Å². The number of ether oxygens (including phenoxy) is 2. The Bertz CT molecular complexity index is 437. The Morgan fingerprint density at radius 3 is 2.53 bits per heavy atom. The molecule has 1 rings (SSSR count). The number of rotatable bonds is 6. The predicted molar refractivity (Wildman–Crippen MR) is 71.1 cm³/mol. The molecule has 1 aromatic rings. The lowest BCUT2D eigenvalue weighted by molar-refractivity contribution is -0.132. The number of hydrogen-bond donors (Lipinski definition) is 2. The summed E-state index contributed by atoms with van der Waals surface area (Å²) in [4.78, 5) is 13.2. The lowest BCUT2D eigenvalue weighted by Gasteiger charge is -2.20. The molecule has 0 spiro atoms. The van der Waals surface area contributed by atoms with Crippen LogP contribution in [0.15, 0.2) is 18.2 Å². The van der Waals surface area contributed by atoms with Gasteiger partial charge in [0.1, 0.15) is 6.04 Å². The number of amides is 1. The lowest BCUT2D eigenvalue weighted by atomic mass is 10.1. The molecule has 106 valence electrons. The molecule has 1 atom stereocenters. The van der Waals surface area contributed by atoms with Crippen LogP contribution in [0, 0.1) is 0 Å². The van der Waals surface area contributed by atoms with E-state index in [0.29, 0.717) is 18.0 Å². The van der Waals surface area contributed by atoms with Crippen molar-refractivity contribution < 1.29 is 19.4 Å². The molecular weight excluding hydrogens is 248 g/mol. The number of carbonyl (C=O) groups is 1. The molecule has 1 aromatic carbocycles. The summed E-state index contributed by atoms with van der Waals surface area (Å²) >= 11 is 0. The average molecular weight is 268 g/mol. The van der Waals surface area contributed by atoms with Crippen molar-refractivity contribution in [2.75, 3.05) is 27.9 Å². The fourth-order valence-corrected chi connectivity index (χ4v) is 1.69. The van der Waals surface area contributed by atoms with E-state index in [1.165, 1.54) is 4.90 Å². The predicted octanol–water partition coefficient (Wildman–Crippen LogP) is -0.0182. The summed E-state index contributed by atoms with van der Waals surface area (Å²) in [5, 5.41) is 8.86. The molecule has 0 aliphatic rings. The third-order valence-electron chi connectivity index (χ3n) is 2.76. The maximum atomic E-state index is 11.7. The van der Waals surface area contributed by atoms with Gasteiger partial charge in [0.15, 0.2) is 11.5 Å². The third-order valence-corrected chi connectivity index (χ3v) is 2.76. The van der Waals surface area contributed by atoms with E-state index in [4.69, 9.17) is 20.3 Å². The molecule has 1 unspecified atom stereocenters. The van der Waals surface area contributed by atoms with Crippen LogP contribution >= 0.6 is 0 Å². The summed E-state index contributed by atoms with van der Waals surface area (Å²) in [6.45, 7) is 0.0159. The molecule has 0 heterocycles. The average Bonchev–Trinajstić information content (AvgIpc) is 2.45. The molecule has 0 fully saturated rings. The van der Waals surface area contributed by atoms with Crippen LogP contribution in [-0.4, -0.2) is 49.8 Å². The number of likely N-dealkylation sites (N-methyl/N-ethyl adjacent to an activating group) is 1. The number of carbonyl (C=O) groups excluding carboxylic acids is 1. The van der Waals surface area contributed by atoms with Gasteiger partial charge in [-0.25, -0.2) is 0 Å². The van der Waals surface area contributed by atoms with Gasteiger partial charge in [0.25, 0.3) is 0 Å². The molecule has 0 aliphatic heterocycles. The molecule has 3 N–H and O–H groups in total. The maximum absolute atomic E-state index is 11.7. The second kappa shape index (κ2) is 6.96. The van der Waals surface area contributed by atoms with Gasteiger partial charge in [0, 0.05) is 13.6 Å². The highest BCUT2D eigenvalue weighted by Crippen LogP contribution is 2.27. The molecule has 1 amide bonds. The van der Waals surface area contributed by atoms with Crippen molar-refractivity contribution in [2.45, 2.75) is 12.6 Å². The Morgan fingerprint density at radius 2 is 2.00 bits per heavy atom. The number of nitrogens with zero attached hydrogens (tertiary/aromatic N) is 1. The van der Waals surface area contributed by atoms with E-state index in [1.807, 2.05) is 6.07 Å². The van der Waals surface area contributed by atoms with Crippen molar-refractivity contribution in [3.05, 3.63) is 23.8 Å². The zero-order valence-corrected chi connectivity index (χ0v) is 11.4. The van der Waals surface area contributed by atoms with Gasteiger partial charge in [-0.15, -0.1) is 0 Å². The summed E-state index contributed by atoms with van der Waals surface area (Å²) in [5.74, 6) is 0.928. The Hall–Kier alpha value is -1.79. The molecule has 0 bridgehead atoms. The Balaban J connectivity index is 2.79. The number of benzene rings is 1. The fraction of sp³-hybridized carbons (Fsp3) is 0.462. The summed E-state index contributed by atoms with van der Waals surface area (Å²) < 4.78 is 10.3. The second-order valence-electron chi connectivity index (χ2n) is 4.17. The van der Waals surface area contributed by atoms with E-state index in [9.17, 15) is 4.79 Å². The van der Waals surface area contributed by atoms with Gasteiger partial charge in [-0.2, -0.15) is 0 Å². The minimum absolute atomic E-state index is 0.308. The van der Waals surface area contributed by atoms with Crippen molar-refractivity contribution in [1.29, 1.82) is 0 Å². The molecule has 6 heteroatoms. The smallest absolute Gasteiger partial charge is 0.241 e. The summed E-state index contributed by atoms with van der Waals surface area (Å²) in [7, 11) is 4.75. The second-order valence-corrected chi connectivity index (χ2v) is 4.17. The van der Waals surface area contributed by atoms with Crippen LogP contribution in [0.25, 0.3) is 0 Å². The van der Waals surface area contributed by atoms with Crippen LogP contribution in [0.1, 0.15) is 5.56 Å². The summed E-state index contributed by atoms with van der Waals surface area (Å²) in [6.07, 6.45) is 0. The van der Waals surface area contributed by atoms with Crippen molar-refractivity contribution >= 4 is 5.91 Å². The van der Waals surface area contributed by atoms with E-state index in [2.05, 4.69) is 0 Å². The number of hydrogen-bond acceptors (Lipinski definition) is 5. The van der Waals surface area contributed by atoms with Crippen LogP contribution in [0.5, 0.6) is 11.5 Å².